The van der Waals surface area contributed by atoms with Crippen LogP contribution in [0.2, 0.25) is 0 Å². The fraction of sp³-hybridized carbons (Fsp3) is 0.250. The lowest BCUT2D eigenvalue weighted by Gasteiger charge is -2.19. The first-order chi connectivity index (χ1) is 13.0. The Balaban J connectivity index is 1.79. The fourth-order valence-electron chi connectivity index (χ4n) is 3.08. The average Bonchev–Trinajstić information content (AvgIpc) is 3.09. The van der Waals surface area contributed by atoms with Crippen LogP contribution in [-0.4, -0.2) is 39.1 Å². The maximum Gasteiger partial charge on any atom is 0.336 e. The van der Waals surface area contributed by atoms with E-state index in [2.05, 4.69) is 10.1 Å². The molecule has 2 aromatic heterocycles. The van der Waals surface area contributed by atoms with E-state index in [9.17, 15) is 9.90 Å². The van der Waals surface area contributed by atoms with Gasteiger partial charge in [-0.2, -0.15) is 5.10 Å². The van der Waals surface area contributed by atoms with Gasteiger partial charge < -0.3 is 14.6 Å². The first-order valence-corrected chi connectivity index (χ1v) is 8.73. The number of ether oxygens (including phenoxy) is 2. The van der Waals surface area contributed by atoms with Crippen LogP contribution in [-0.2, 0) is 0 Å². The molecular weight excluding hydrogens is 346 g/mol. The van der Waals surface area contributed by atoms with Gasteiger partial charge in [0.1, 0.15) is 13.2 Å². The summed E-state index contributed by atoms with van der Waals surface area (Å²) in [6.45, 7) is 4.98. The molecule has 7 heteroatoms. The zero-order valence-electron chi connectivity index (χ0n) is 15.0. The molecule has 138 valence electrons. The Kier molecular flexibility index (Phi) is 4.27. The standard InChI is InChI=1S/C20H19N3O4/c1-12(2)23-19-16(11-21-23)15(20(24)25)10-14(22-19)7-6-13-4-3-5-17-18(13)27-9-8-26-17/h3-7,10-12H,8-9H2,1-2H3,(H,24,25)/b7-6+. The highest BCUT2D eigenvalue weighted by atomic mass is 16.6. The average molecular weight is 365 g/mol. The van der Waals surface area contributed by atoms with Crippen LogP contribution in [0.15, 0.2) is 30.5 Å². The molecule has 4 rings (SSSR count). The van der Waals surface area contributed by atoms with Crippen LogP contribution in [0, 0.1) is 0 Å². The highest BCUT2D eigenvalue weighted by Gasteiger charge is 2.17. The zero-order valence-corrected chi connectivity index (χ0v) is 15.0. The summed E-state index contributed by atoms with van der Waals surface area (Å²) in [5.74, 6) is 0.386. The maximum atomic E-state index is 11.7. The molecule has 0 aliphatic carbocycles. The lowest BCUT2D eigenvalue weighted by atomic mass is 10.1. The van der Waals surface area contributed by atoms with Crippen molar-refractivity contribution in [1.82, 2.24) is 14.8 Å². The normalized spacial score (nSPS) is 13.6. The molecule has 1 aliphatic rings. The molecule has 1 aromatic carbocycles. The Labute approximate surface area is 155 Å². The number of hydrogen-bond acceptors (Lipinski definition) is 5. The van der Waals surface area contributed by atoms with Crippen molar-refractivity contribution < 1.29 is 19.4 Å². The van der Waals surface area contributed by atoms with Gasteiger partial charge in [-0.05, 0) is 38.1 Å². The zero-order chi connectivity index (χ0) is 19.0. The quantitative estimate of drug-likeness (QED) is 0.759. The first kappa shape index (κ1) is 17.1. The number of fused-ring (bicyclic) bond motifs is 2. The van der Waals surface area contributed by atoms with Gasteiger partial charge in [-0.3, -0.25) is 0 Å². The van der Waals surface area contributed by atoms with Crippen molar-refractivity contribution >= 4 is 29.2 Å². The largest absolute Gasteiger partial charge is 0.486 e. The van der Waals surface area contributed by atoms with E-state index >= 15 is 0 Å². The van der Waals surface area contributed by atoms with Crippen LogP contribution >= 0.6 is 0 Å². The van der Waals surface area contributed by atoms with Gasteiger partial charge in [-0.15, -0.1) is 0 Å². The molecule has 3 heterocycles. The lowest BCUT2D eigenvalue weighted by molar-refractivity contribution is 0.0699. The number of carboxylic acid groups (broad SMARTS) is 1. The van der Waals surface area contributed by atoms with Gasteiger partial charge in [0.15, 0.2) is 17.1 Å². The molecule has 27 heavy (non-hydrogen) atoms. The minimum Gasteiger partial charge on any atom is -0.486 e. The van der Waals surface area contributed by atoms with Gasteiger partial charge >= 0.3 is 5.97 Å². The van der Waals surface area contributed by atoms with Gasteiger partial charge in [0.25, 0.3) is 0 Å². The van der Waals surface area contributed by atoms with Crippen molar-refractivity contribution in [2.75, 3.05) is 13.2 Å². The number of pyridine rings is 1. The number of aromatic carboxylic acids is 1. The van der Waals surface area contributed by atoms with Crippen molar-refractivity contribution in [2.24, 2.45) is 0 Å². The van der Waals surface area contributed by atoms with E-state index in [1.807, 2.05) is 38.1 Å². The number of carbonyl (C=O) groups is 1. The van der Waals surface area contributed by atoms with Crippen LogP contribution in [0.5, 0.6) is 11.5 Å². The van der Waals surface area contributed by atoms with E-state index in [0.717, 1.165) is 5.56 Å². The van der Waals surface area contributed by atoms with Gasteiger partial charge in [0.2, 0.25) is 0 Å². The van der Waals surface area contributed by atoms with Gasteiger partial charge in [-0.25, -0.2) is 14.5 Å². The summed E-state index contributed by atoms with van der Waals surface area (Å²) in [6.07, 6.45) is 5.18. The molecule has 1 aliphatic heterocycles. The Hall–Kier alpha value is -3.35. The molecule has 0 amide bonds. The molecule has 0 unspecified atom stereocenters. The van der Waals surface area contributed by atoms with Gasteiger partial charge in [0, 0.05) is 11.6 Å². The number of rotatable bonds is 4. The van der Waals surface area contributed by atoms with Crippen LogP contribution in [0.1, 0.15) is 41.5 Å². The van der Waals surface area contributed by atoms with E-state index in [-0.39, 0.29) is 11.6 Å². The molecule has 0 spiro atoms. The summed E-state index contributed by atoms with van der Waals surface area (Å²) in [6, 6.07) is 7.29. The maximum absolute atomic E-state index is 11.7. The topological polar surface area (TPSA) is 86.5 Å². The second kappa shape index (κ2) is 6.75. The molecule has 7 nitrogen and oxygen atoms in total. The number of carboxylic acids is 1. The molecule has 0 saturated heterocycles. The number of benzene rings is 1. The van der Waals surface area contributed by atoms with Crippen LogP contribution in [0.25, 0.3) is 23.2 Å². The van der Waals surface area contributed by atoms with Crippen LogP contribution in [0.3, 0.4) is 0 Å². The van der Waals surface area contributed by atoms with Crippen molar-refractivity contribution in [3.63, 3.8) is 0 Å². The summed E-state index contributed by atoms with van der Waals surface area (Å²) >= 11 is 0. The third kappa shape index (κ3) is 3.12. The number of hydrogen-bond donors (Lipinski definition) is 1. The Morgan fingerprint density at radius 3 is 2.85 bits per heavy atom. The monoisotopic (exact) mass is 365 g/mol. The summed E-state index contributed by atoms with van der Waals surface area (Å²) in [5, 5.41) is 14.4. The number of aromatic nitrogens is 3. The van der Waals surface area contributed by atoms with E-state index in [1.54, 1.807) is 23.0 Å². The van der Waals surface area contributed by atoms with E-state index in [4.69, 9.17) is 9.47 Å². The smallest absolute Gasteiger partial charge is 0.336 e. The van der Waals surface area contributed by atoms with Crippen molar-refractivity contribution in [3.05, 3.63) is 47.3 Å². The first-order valence-electron chi connectivity index (χ1n) is 8.73. The predicted molar refractivity (Wildman–Crippen MR) is 101 cm³/mol. The molecule has 1 N–H and O–H groups in total. The van der Waals surface area contributed by atoms with Gasteiger partial charge in [-0.1, -0.05) is 12.1 Å². The second-order valence-electron chi connectivity index (χ2n) is 6.52. The molecule has 3 aromatic rings. The Bertz CT molecular complexity index is 1050. The van der Waals surface area contributed by atoms with Crippen LogP contribution < -0.4 is 9.47 Å². The van der Waals surface area contributed by atoms with Crippen molar-refractivity contribution in [3.8, 4) is 11.5 Å². The van der Waals surface area contributed by atoms with E-state index in [1.165, 1.54) is 0 Å². The van der Waals surface area contributed by atoms with Crippen LogP contribution in [0.4, 0.5) is 0 Å². The molecule has 0 fully saturated rings. The van der Waals surface area contributed by atoms with E-state index in [0.29, 0.717) is 41.4 Å². The second-order valence-corrected chi connectivity index (χ2v) is 6.52. The molecular formula is C20H19N3O4. The summed E-state index contributed by atoms with van der Waals surface area (Å²) in [7, 11) is 0. The summed E-state index contributed by atoms with van der Waals surface area (Å²) in [5.41, 5.74) is 2.13. The molecule has 0 bridgehead atoms. The molecule has 0 radical (unpaired) electrons. The van der Waals surface area contributed by atoms with Crippen molar-refractivity contribution in [1.29, 1.82) is 0 Å². The highest BCUT2D eigenvalue weighted by molar-refractivity contribution is 6.02. The number of nitrogens with zero attached hydrogens (tertiary/aromatic N) is 3. The minimum atomic E-state index is -1.01. The van der Waals surface area contributed by atoms with Gasteiger partial charge in [0.05, 0.1) is 22.8 Å². The minimum absolute atomic E-state index is 0.0718. The SMILES string of the molecule is CC(C)n1ncc2c(C(=O)O)cc(/C=C/c3cccc4c3OCCO4)nc21. The van der Waals surface area contributed by atoms with E-state index < -0.39 is 5.97 Å². The summed E-state index contributed by atoms with van der Waals surface area (Å²) < 4.78 is 13.0. The summed E-state index contributed by atoms with van der Waals surface area (Å²) in [4.78, 5) is 16.3. The highest BCUT2D eigenvalue weighted by Crippen LogP contribution is 2.34. The molecule has 0 atom stereocenters. The Morgan fingerprint density at radius 1 is 1.26 bits per heavy atom. The molecule has 0 saturated carbocycles. The fourth-order valence-corrected chi connectivity index (χ4v) is 3.08. The Morgan fingerprint density at radius 2 is 2.07 bits per heavy atom. The third-order valence-electron chi connectivity index (χ3n) is 4.34. The lowest BCUT2D eigenvalue weighted by Crippen LogP contribution is -2.15. The third-order valence-corrected chi connectivity index (χ3v) is 4.34. The van der Waals surface area contributed by atoms with Crippen molar-refractivity contribution in [2.45, 2.75) is 19.9 Å². The number of para-hydroxylation sites is 1. The predicted octanol–water partition coefficient (Wildman–Crippen LogP) is 3.65.